The van der Waals surface area contributed by atoms with Crippen molar-refractivity contribution in [3.63, 3.8) is 0 Å². The number of methoxy groups -OCH3 is 1. The summed E-state index contributed by atoms with van der Waals surface area (Å²) in [5, 5.41) is 3.09. The molecule has 5 nitrogen and oxygen atoms in total. The Morgan fingerprint density at radius 1 is 1.33 bits per heavy atom. The van der Waals surface area contributed by atoms with Crippen molar-refractivity contribution in [1.29, 1.82) is 0 Å². The summed E-state index contributed by atoms with van der Waals surface area (Å²) in [5.41, 5.74) is 1.93. The van der Waals surface area contributed by atoms with Gasteiger partial charge in [0, 0.05) is 19.3 Å². The van der Waals surface area contributed by atoms with E-state index in [2.05, 4.69) is 11.9 Å². The summed E-state index contributed by atoms with van der Waals surface area (Å²) in [6, 6.07) is 5.64. The molecular weight excluding hydrogens is 290 g/mol. The summed E-state index contributed by atoms with van der Waals surface area (Å²) in [7, 11) is -1.34. The van der Waals surface area contributed by atoms with Gasteiger partial charge in [-0.1, -0.05) is 12.6 Å². The summed E-state index contributed by atoms with van der Waals surface area (Å²) in [6.07, 6.45) is 1.23. The van der Waals surface area contributed by atoms with Gasteiger partial charge < -0.3 is 14.8 Å². The first kappa shape index (κ1) is 17.5. The first-order valence-corrected chi connectivity index (χ1v) is 8.70. The van der Waals surface area contributed by atoms with Crippen molar-refractivity contribution in [2.24, 2.45) is 0 Å². The second-order valence-electron chi connectivity index (χ2n) is 5.04. The van der Waals surface area contributed by atoms with Crippen molar-refractivity contribution in [2.75, 3.05) is 32.3 Å². The van der Waals surface area contributed by atoms with Crippen molar-refractivity contribution in [3.8, 4) is 11.5 Å². The van der Waals surface area contributed by atoms with Gasteiger partial charge in [-0.15, -0.1) is 0 Å². The van der Waals surface area contributed by atoms with E-state index in [1.165, 1.54) is 6.26 Å². The molecule has 1 aromatic carbocycles. The molecule has 0 atom stereocenters. The van der Waals surface area contributed by atoms with Gasteiger partial charge in [0.25, 0.3) is 0 Å². The zero-order valence-corrected chi connectivity index (χ0v) is 13.6. The molecule has 118 valence electrons. The van der Waals surface area contributed by atoms with Crippen LogP contribution in [0.25, 0.3) is 0 Å². The van der Waals surface area contributed by atoms with E-state index in [-0.39, 0.29) is 5.75 Å². The molecule has 0 saturated carbocycles. The summed E-state index contributed by atoms with van der Waals surface area (Å²) >= 11 is 0. The first-order valence-electron chi connectivity index (χ1n) is 6.64. The highest BCUT2D eigenvalue weighted by Gasteiger charge is 2.06. The predicted molar refractivity (Wildman–Crippen MR) is 84.7 cm³/mol. The Morgan fingerprint density at radius 2 is 2.05 bits per heavy atom. The van der Waals surface area contributed by atoms with Crippen molar-refractivity contribution in [2.45, 2.75) is 13.5 Å². The number of rotatable bonds is 9. The molecule has 0 saturated heterocycles. The monoisotopic (exact) mass is 313 g/mol. The highest BCUT2D eigenvalue weighted by atomic mass is 32.2. The molecule has 0 aliphatic heterocycles. The van der Waals surface area contributed by atoms with Crippen molar-refractivity contribution in [3.05, 3.63) is 35.9 Å². The van der Waals surface area contributed by atoms with Gasteiger partial charge in [-0.25, -0.2) is 8.42 Å². The minimum absolute atomic E-state index is 0.127. The standard InChI is InChI=1S/C15H23NO4S/c1-12(2)11-20-15-9-13(5-6-14(15)19-3)10-16-7-8-21(4,17)18/h5-6,9,16H,1,7-8,10-11H2,2-4H3. The zero-order valence-electron chi connectivity index (χ0n) is 12.8. The van der Waals surface area contributed by atoms with E-state index in [1.807, 2.05) is 25.1 Å². The summed E-state index contributed by atoms with van der Waals surface area (Å²) in [6.45, 7) is 7.12. The van der Waals surface area contributed by atoms with Gasteiger partial charge >= 0.3 is 0 Å². The third-order valence-electron chi connectivity index (χ3n) is 2.68. The van der Waals surface area contributed by atoms with Crippen LogP contribution in [0.4, 0.5) is 0 Å². The molecule has 0 unspecified atom stereocenters. The summed E-state index contributed by atoms with van der Waals surface area (Å²) in [4.78, 5) is 0. The fourth-order valence-corrected chi connectivity index (χ4v) is 2.15. The van der Waals surface area contributed by atoms with Crippen LogP contribution in [0.5, 0.6) is 11.5 Å². The van der Waals surface area contributed by atoms with Crippen molar-refractivity contribution >= 4 is 9.84 Å². The highest BCUT2D eigenvalue weighted by Crippen LogP contribution is 2.28. The molecule has 0 amide bonds. The molecule has 0 fully saturated rings. The normalized spacial score (nSPS) is 11.2. The Hall–Kier alpha value is -1.53. The number of hydrogen-bond acceptors (Lipinski definition) is 5. The SMILES string of the molecule is C=C(C)COc1cc(CNCCS(C)(=O)=O)ccc1OC. The largest absolute Gasteiger partial charge is 0.493 e. The predicted octanol–water partition coefficient (Wildman–Crippen LogP) is 1.78. The van der Waals surface area contributed by atoms with Gasteiger partial charge in [-0.3, -0.25) is 0 Å². The lowest BCUT2D eigenvalue weighted by molar-refractivity contribution is 0.319. The minimum atomic E-state index is -2.93. The van der Waals surface area contributed by atoms with E-state index >= 15 is 0 Å². The highest BCUT2D eigenvalue weighted by molar-refractivity contribution is 7.90. The number of ether oxygens (including phenoxy) is 2. The van der Waals surface area contributed by atoms with E-state index in [9.17, 15) is 8.42 Å². The van der Waals surface area contributed by atoms with Gasteiger partial charge in [0.15, 0.2) is 11.5 Å². The van der Waals surface area contributed by atoms with Crippen LogP contribution >= 0.6 is 0 Å². The van der Waals surface area contributed by atoms with E-state index in [0.29, 0.717) is 31.2 Å². The third kappa shape index (κ3) is 7.15. The maximum Gasteiger partial charge on any atom is 0.161 e. The van der Waals surface area contributed by atoms with Crippen LogP contribution in [-0.4, -0.2) is 40.7 Å². The average molecular weight is 313 g/mol. The van der Waals surface area contributed by atoms with Crippen molar-refractivity contribution < 1.29 is 17.9 Å². The molecule has 0 bridgehead atoms. The fraction of sp³-hybridized carbons (Fsp3) is 0.467. The maximum atomic E-state index is 11.0. The van der Waals surface area contributed by atoms with Gasteiger partial charge in [0.05, 0.1) is 12.9 Å². The van der Waals surface area contributed by atoms with Crippen LogP contribution in [0.1, 0.15) is 12.5 Å². The number of nitrogens with one attached hydrogen (secondary N) is 1. The molecular formula is C15H23NO4S. The van der Waals surface area contributed by atoms with E-state index in [0.717, 1.165) is 11.1 Å². The van der Waals surface area contributed by atoms with Crippen LogP contribution in [0, 0.1) is 0 Å². The maximum absolute atomic E-state index is 11.0. The van der Waals surface area contributed by atoms with Crippen LogP contribution in [0.3, 0.4) is 0 Å². The number of sulfone groups is 1. The molecule has 1 rings (SSSR count). The molecule has 0 spiro atoms. The quantitative estimate of drug-likeness (QED) is 0.556. The van der Waals surface area contributed by atoms with Crippen molar-refractivity contribution in [1.82, 2.24) is 5.32 Å². The molecule has 1 aromatic rings. The summed E-state index contributed by atoms with van der Waals surface area (Å²) < 4.78 is 33.0. The summed E-state index contributed by atoms with van der Waals surface area (Å²) in [5.74, 6) is 1.45. The Kier molecular flexibility index (Phi) is 6.71. The Morgan fingerprint density at radius 3 is 2.62 bits per heavy atom. The number of hydrogen-bond donors (Lipinski definition) is 1. The Labute approximate surface area is 126 Å². The van der Waals surface area contributed by atoms with Crippen LogP contribution in [0.2, 0.25) is 0 Å². The van der Waals surface area contributed by atoms with Gasteiger partial charge in [0.2, 0.25) is 0 Å². The molecule has 21 heavy (non-hydrogen) atoms. The molecule has 1 N–H and O–H groups in total. The van der Waals surface area contributed by atoms with Gasteiger partial charge in [-0.2, -0.15) is 0 Å². The molecule has 0 heterocycles. The molecule has 0 radical (unpaired) electrons. The fourth-order valence-electron chi connectivity index (χ4n) is 1.64. The molecule has 0 aliphatic rings. The average Bonchev–Trinajstić information content (AvgIpc) is 2.40. The minimum Gasteiger partial charge on any atom is -0.493 e. The zero-order chi connectivity index (χ0) is 15.9. The third-order valence-corrected chi connectivity index (χ3v) is 3.63. The lowest BCUT2D eigenvalue weighted by atomic mass is 10.2. The molecule has 0 aromatic heterocycles. The van der Waals surface area contributed by atoms with E-state index < -0.39 is 9.84 Å². The van der Waals surface area contributed by atoms with E-state index in [4.69, 9.17) is 9.47 Å². The van der Waals surface area contributed by atoms with Gasteiger partial charge in [0.1, 0.15) is 16.4 Å². The molecule has 0 aliphatic carbocycles. The lowest BCUT2D eigenvalue weighted by Crippen LogP contribution is -2.21. The van der Waals surface area contributed by atoms with E-state index in [1.54, 1.807) is 7.11 Å². The van der Waals surface area contributed by atoms with Crippen LogP contribution in [0.15, 0.2) is 30.4 Å². The van der Waals surface area contributed by atoms with Crippen LogP contribution < -0.4 is 14.8 Å². The smallest absolute Gasteiger partial charge is 0.161 e. The topological polar surface area (TPSA) is 64.6 Å². The lowest BCUT2D eigenvalue weighted by Gasteiger charge is -2.12. The molecule has 6 heteroatoms. The first-order chi connectivity index (χ1) is 9.81. The second kappa shape index (κ2) is 8.05. The second-order valence-corrected chi connectivity index (χ2v) is 7.30. The Balaban J connectivity index is 2.62. The van der Waals surface area contributed by atoms with Gasteiger partial charge in [-0.05, 0) is 30.2 Å². The van der Waals surface area contributed by atoms with Crippen LogP contribution in [-0.2, 0) is 16.4 Å². The Bertz CT molecular complexity index is 581. The number of benzene rings is 1.